The summed E-state index contributed by atoms with van der Waals surface area (Å²) in [5.74, 6) is 0.506. The van der Waals surface area contributed by atoms with Crippen LogP contribution in [0.25, 0.3) is 6.08 Å². The molecular formula is C15H16BrNO3S. The minimum absolute atomic E-state index is 0.0778. The highest BCUT2D eigenvalue weighted by atomic mass is 79.9. The Labute approximate surface area is 136 Å². The fourth-order valence-corrected chi connectivity index (χ4v) is 3.45. The van der Waals surface area contributed by atoms with Crippen LogP contribution in [-0.2, 0) is 4.79 Å². The maximum Gasteiger partial charge on any atom is 0.293 e. The van der Waals surface area contributed by atoms with Crippen molar-refractivity contribution in [3.05, 3.63) is 33.1 Å². The van der Waals surface area contributed by atoms with Crippen LogP contribution in [0.4, 0.5) is 4.79 Å². The summed E-state index contributed by atoms with van der Waals surface area (Å²) in [6, 6.07) is 5.44. The lowest BCUT2D eigenvalue weighted by Gasteiger charge is -2.19. The quantitative estimate of drug-likeness (QED) is 0.742. The largest absolute Gasteiger partial charge is 0.496 e. The Morgan fingerprint density at radius 1 is 1.43 bits per heavy atom. The van der Waals surface area contributed by atoms with E-state index in [0.29, 0.717) is 4.91 Å². The van der Waals surface area contributed by atoms with E-state index in [4.69, 9.17) is 4.74 Å². The van der Waals surface area contributed by atoms with Crippen molar-refractivity contribution < 1.29 is 14.3 Å². The first-order chi connectivity index (χ1) is 9.97. The molecule has 0 aliphatic carbocycles. The van der Waals surface area contributed by atoms with Crippen molar-refractivity contribution in [3.8, 4) is 5.75 Å². The minimum atomic E-state index is -0.216. The fraction of sp³-hybridized carbons (Fsp3) is 0.333. The van der Waals surface area contributed by atoms with Crippen LogP contribution in [0.15, 0.2) is 27.6 Å². The van der Waals surface area contributed by atoms with E-state index in [2.05, 4.69) is 15.9 Å². The van der Waals surface area contributed by atoms with Gasteiger partial charge in [-0.25, -0.2) is 0 Å². The van der Waals surface area contributed by atoms with Crippen LogP contribution in [0.5, 0.6) is 5.75 Å². The first-order valence-corrected chi connectivity index (χ1v) is 8.19. The monoisotopic (exact) mass is 369 g/mol. The van der Waals surface area contributed by atoms with E-state index in [0.717, 1.165) is 34.0 Å². The maximum absolute atomic E-state index is 12.3. The van der Waals surface area contributed by atoms with Crippen molar-refractivity contribution >= 4 is 44.9 Å². The molecular weight excluding hydrogens is 354 g/mol. The number of hydrogen-bond acceptors (Lipinski definition) is 4. The molecule has 112 valence electrons. The van der Waals surface area contributed by atoms with Crippen molar-refractivity contribution in [1.29, 1.82) is 0 Å². The molecule has 21 heavy (non-hydrogen) atoms. The summed E-state index contributed by atoms with van der Waals surface area (Å²) in [5.41, 5.74) is 0.845. The number of amides is 2. The van der Waals surface area contributed by atoms with E-state index in [1.54, 1.807) is 13.2 Å². The van der Waals surface area contributed by atoms with Crippen molar-refractivity contribution in [2.75, 3.05) is 7.11 Å². The normalized spacial score (nSPS) is 18.5. The Morgan fingerprint density at radius 3 is 2.71 bits per heavy atom. The summed E-state index contributed by atoms with van der Waals surface area (Å²) in [4.78, 5) is 26.0. The number of carbonyl (C=O) groups excluding carboxylic acids is 2. The fourth-order valence-electron chi connectivity index (χ4n) is 1.97. The second-order valence-electron chi connectivity index (χ2n) is 4.70. The van der Waals surface area contributed by atoms with Crippen LogP contribution in [0.3, 0.4) is 0 Å². The Bertz CT molecular complexity index is 615. The summed E-state index contributed by atoms with van der Waals surface area (Å²) in [5, 5.41) is -0.201. The highest BCUT2D eigenvalue weighted by molar-refractivity contribution is 9.10. The summed E-state index contributed by atoms with van der Waals surface area (Å²) >= 11 is 4.39. The number of benzene rings is 1. The predicted molar refractivity (Wildman–Crippen MR) is 88.3 cm³/mol. The second kappa shape index (κ2) is 6.66. The molecule has 6 heteroatoms. The highest BCUT2D eigenvalue weighted by Gasteiger charge is 2.37. The molecule has 2 rings (SSSR count). The molecule has 1 aromatic carbocycles. The van der Waals surface area contributed by atoms with Gasteiger partial charge in [-0.3, -0.25) is 14.5 Å². The Balaban J connectivity index is 2.28. The molecule has 0 bridgehead atoms. The molecule has 1 atom stereocenters. The first kappa shape index (κ1) is 16.1. The summed E-state index contributed by atoms with van der Waals surface area (Å²) in [6.45, 7) is 3.83. The number of imide groups is 1. The molecule has 1 aliphatic heterocycles. The standard InChI is InChI=1S/C15H16BrNO3S/c1-4-9(2)17-14(18)13(21-15(17)19)8-10-5-6-12(20-3)11(16)7-10/h5-9H,4H2,1-3H3/b13-8+/t9-/m1/s1. The number of hydrogen-bond donors (Lipinski definition) is 0. The van der Waals surface area contributed by atoms with E-state index in [9.17, 15) is 9.59 Å². The van der Waals surface area contributed by atoms with E-state index in [1.807, 2.05) is 32.0 Å². The van der Waals surface area contributed by atoms with E-state index < -0.39 is 0 Å². The smallest absolute Gasteiger partial charge is 0.293 e. The summed E-state index contributed by atoms with van der Waals surface area (Å²) in [6.07, 6.45) is 2.48. The zero-order valence-corrected chi connectivity index (χ0v) is 14.5. The SMILES string of the molecule is CC[C@@H](C)N1C(=O)S/C(=C/c2ccc(OC)c(Br)c2)C1=O. The summed E-state index contributed by atoms with van der Waals surface area (Å²) in [7, 11) is 1.59. The van der Waals surface area contributed by atoms with E-state index in [-0.39, 0.29) is 17.2 Å². The molecule has 4 nitrogen and oxygen atoms in total. The van der Waals surface area contributed by atoms with Gasteiger partial charge in [0.2, 0.25) is 0 Å². The van der Waals surface area contributed by atoms with Gasteiger partial charge in [-0.05, 0) is 64.8 Å². The van der Waals surface area contributed by atoms with Gasteiger partial charge in [0.15, 0.2) is 0 Å². The lowest BCUT2D eigenvalue weighted by Crippen LogP contribution is -2.36. The Morgan fingerprint density at radius 2 is 2.14 bits per heavy atom. The third-order valence-corrected chi connectivity index (χ3v) is 4.83. The third-order valence-electron chi connectivity index (χ3n) is 3.33. The van der Waals surface area contributed by atoms with Gasteiger partial charge in [0, 0.05) is 6.04 Å². The van der Waals surface area contributed by atoms with Crippen molar-refractivity contribution in [3.63, 3.8) is 0 Å². The van der Waals surface area contributed by atoms with Crippen LogP contribution in [0.1, 0.15) is 25.8 Å². The number of carbonyl (C=O) groups is 2. The minimum Gasteiger partial charge on any atom is -0.496 e. The molecule has 0 aromatic heterocycles. The maximum atomic E-state index is 12.3. The van der Waals surface area contributed by atoms with Gasteiger partial charge in [0.25, 0.3) is 11.1 Å². The van der Waals surface area contributed by atoms with Crippen LogP contribution in [0, 0.1) is 0 Å². The van der Waals surface area contributed by atoms with Crippen molar-refractivity contribution in [1.82, 2.24) is 4.90 Å². The van der Waals surface area contributed by atoms with Gasteiger partial charge in [-0.1, -0.05) is 13.0 Å². The molecule has 0 spiro atoms. The predicted octanol–water partition coefficient (Wildman–Crippen LogP) is 4.29. The number of thioether (sulfide) groups is 1. The van der Waals surface area contributed by atoms with Gasteiger partial charge in [-0.2, -0.15) is 0 Å². The highest BCUT2D eigenvalue weighted by Crippen LogP contribution is 2.35. The number of methoxy groups -OCH3 is 1. The topological polar surface area (TPSA) is 46.6 Å². The van der Waals surface area contributed by atoms with Crippen LogP contribution >= 0.6 is 27.7 Å². The van der Waals surface area contributed by atoms with Crippen LogP contribution < -0.4 is 4.74 Å². The van der Waals surface area contributed by atoms with Crippen LogP contribution in [-0.4, -0.2) is 29.2 Å². The molecule has 0 N–H and O–H groups in total. The molecule has 1 saturated heterocycles. The molecule has 1 fully saturated rings. The van der Waals surface area contributed by atoms with Gasteiger partial charge >= 0.3 is 0 Å². The molecule has 2 amide bonds. The lowest BCUT2D eigenvalue weighted by atomic mass is 10.2. The molecule has 1 heterocycles. The van der Waals surface area contributed by atoms with Gasteiger partial charge in [0.1, 0.15) is 5.75 Å². The number of halogens is 1. The third kappa shape index (κ3) is 3.32. The molecule has 1 aliphatic rings. The van der Waals surface area contributed by atoms with E-state index in [1.165, 1.54) is 4.90 Å². The number of rotatable bonds is 4. The zero-order valence-electron chi connectivity index (χ0n) is 12.1. The molecule has 1 aromatic rings. The van der Waals surface area contributed by atoms with E-state index >= 15 is 0 Å². The van der Waals surface area contributed by atoms with Gasteiger partial charge in [0.05, 0.1) is 16.5 Å². The van der Waals surface area contributed by atoms with Crippen LogP contribution in [0.2, 0.25) is 0 Å². The Kier molecular flexibility index (Phi) is 5.11. The lowest BCUT2D eigenvalue weighted by molar-refractivity contribution is -0.124. The molecule has 0 radical (unpaired) electrons. The van der Waals surface area contributed by atoms with Gasteiger partial charge < -0.3 is 4.74 Å². The summed E-state index contributed by atoms with van der Waals surface area (Å²) < 4.78 is 5.97. The average Bonchev–Trinajstić information content (AvgIpc) is 2.73. The number of ether oxygens (including phenoxy) is 1. The second-order valence-corrected chi connectivity index (χ2v) is 6.55. The average molecular weight is 370 g/mol. The van der Waals surface area contributed by atoms with Crippen molar-refractivity contribution in [2.45, 2.75) is 26.3 Å². The zero-order chi connectivity index (χ0) is 15.6. The number of nitrogens with zero attached hydrogens (tertiary/aromatic N) is 1. The molecule has 0 saturated carbocycles. The van der Waals surface area contributed by atoms with Gasteiger partial charge in [-0.15, -0.1) is 0 Å². The Hall–Kier alpha value is -1.27. The first-order valence-electron chi connectivity index (χ1n) is 6.58. The molecule has 0 unspecified atom stereocenters. The van der Waals surface area contributed by atoms with Crippen molar-refractivity contribution in [2.24, 2.45) is 0 Å².